The van der Waals surface area contributed by atoms with E-state index >= 15 is 0 Å². The van der Waals surface area contributed by atoms with E-state index in [2.05, 4.69) is 10.1 Å². The maximum atomic E-state index is 12.5. The lowest BCUT2D eigenvalue weighted by Crippen LogP contribution is -2.17. The van der Waals surface area contributed by atoms with Crippen LogP contribution in [0.15, 0.2) is 66.7 Å². The van der Waals surface area contributed by atoms with Crippen molar-refractivity contribution in [1.82, 2.24) is 9.55 Å². The molecular weight excluding hydrogens is 487 g/mol. The summed E-state index contributed by atoms with van der Waals surface area (Å²) in [5.41, 5.74) is 3.91. The lowest BCUT2D eigenvalue weighted by Gasteiger charge is -2.21. The number of halogens is 3. The minimum atomic E-state index is -4.77. The first kappa shape index (κ1) is 25.9. The van der Waals surface area contributed by atoms with Gasteiger partial charge < -0.3 is 24.1 Å². The van der Waals surface area contributed by atoms with Crippen molar-refractivity contribution in [2.24, 2.45) is 0 Å². The standard InChI is InChI=1S/C27H26F3N3O4/c1-17(21-6-4-5-7-24(21)35-2)33-23-14-8-18(9-15-25(34)36-3)16-22(23)32-26(33)31-19-10-12-20(13-11-19)37-27(28,29)30/h4-8,10-14,16-17H,9,15H2,1-3H3,(H,31,32). The summed E-state index contributed by atoms with van der Waals surface area (Å²) >= 11 is 0. The lowest BCUT2D eigenvalue weighted by atomic mass is 10.1. The van der Waals surface area contributed by atoms with Gasteiger partial charge in [0.05, 0.1) is 31.3 Å². The number of hydrogen-bond donors (Lipinski definition) is 1. The maximum Gasteiger partial charge on any atom is 0.573 e. The third kappa shape index (κ3) is 6.14. The van der Waals surface area contributed by atoms with Crippen molar-refractivity contribution < 1.29 is 32.2 Å². The zero-order valence-electron chi connectivity index (χ0n) is 20.5. The molecule has 0 radical (unpaired) electrons. The van der Waals surface area contributed by atoms with E-state index in [0.29, 0.717) is 29.3 Å². The van der Waals surface area contributed by atoms with Gasteiger partial charge in [0.1, 0.15) is 11.5 Å². The van der Waals surface area contributed by atoms with Crippen molar-refractivity contribution in [2.45, 2.75) is 32.2 Å². The molecule has 0 spiro atoms. The molecule has 4 rings (SSSR count). The Morgan fingerprint density at radius 2 is 1.78 bits per heavy atom. The van der Waals surface area contributed by atoms with Gasteiger partial charge in [0.15, 0.2) is 0 Å². The molecule has 10 heteroatoms. The molecule has 1 atom stereocenters. The van der Waals surface area contributed by atoms with Gasteiger partial charge in [0, 0.05) is 17.7 Å². The third-order valence-corrected chi connectivity index (χ3v) is 5.92. The van der Waals surface area contributed by atoms with Crippen molar-refractivity contribution in [2.75, 3.05) is 19.5 Å². The van der Waals surface area contributed by atoms with Gasteiger partial charge in [-0.3, -0.25) is 4.79 Å². The van der Waals surface area contributed by atoms with Crippen LogP contribution in [0.5, 0.6) is 11.5 Å². The summed E-state index contributed by atoms with van der Waals surface area (Å²) < 4.78 is 53.9. The largest absolute Gasteiger partial charge is 0.573 e. The number of carbonyl (C=O) groups excluding carboxylic acids is 1. The molecule has 0 aliphatic heterocycles. The molecule has 4 aromatic rings. The van der Waals surface area contributed by atoms with Gasteiger partial charge in [-0.05, 0) is 61.4 Å². The number of nitrogens with one attached hydrogen (secondary N) is 1. The minimum Gasteiger partial charge on any atom is -0.496 e. The van der Waals surface area contributed by atoms with Crippen molar-refractivity contribution in [1.29, 1.82) is 0 Å². The Labute approximate surface area is 211 Å². The highest BCUT2D eigenvalue weighted by Gasteiger charge is 2.31. The minimum absolute atomic E-state index is 0.211. The summed E-state index contributed by atoms with van der Waals surface area (Å²) in [6.07, 6.45) is -4.02. The number of hydrogen-bond acceptors (Lipinski definition) is 6. The van der Waals surface area contributed by atoms with Crippen LogP contribution < -0.4 is 14.8 Å². The number of carbonyl (C=O) groups is 1. The zero-order chi connectivity index (χ0) is 26.6. The van der Waals surface area contributed by atoms with Crippen LogP contribution in [0.4, 0.5) is 24.8 Å². The molecule has 7 nitrogen and oxygen atoms in total. The Kier molecular flexibility index (Phi) is 7.56. The molecule has 3 aromatic carbocycles. The predicted octanol–water partition coefficient (Wildman–Crippen LogP) is 6.40. The summed E-state index contributed by atoms with van der Waals surface area (Å²) in [7, 11) is 2.96. The van der Waals surface area contributed by atoms with Crippen molar-refractivity contribution >= 4 is 28.6 Å². The second kappa shape index (κ2) is 10.8. The fourth-order valence-corrected chi connectivity index (χ4v) is 4.15. The van der Waals surface area contributed by atoms with Gasteiger partial charge in [-0.15, -0.1) is 13.2 Å². The number of aryl methyl sites for hydroxylation is 1. The van der Waals surface area contributed by atoms with E-state index in [0.717, 1.165) is 16.6 Å². The van der Waals surface area contributed by atoms with E-state index in [-0.39, 0.29) is 24.2 Å². The van der Waals surface area contributed by atoms with Crippen LogP contribution in [0.2, 0.25) is 0 Å². The number of aromatic nitrogens is 2. The van der Waals surface area contributed by atoms with Crippen LogP contribution in [0.3, 0.4) is 0 Å². The highest BCUT2D eigenvalue weighted by Crippen LogP contribution is 2.35. The molecule has 0 fully saturated rings. The fraction of sp³-hybridized carbons (Fsp3) is 0.259. The molecule has 1 aromatic heterocycles. The van der Waals surface area contributed by atoms with Gasteiger partial charge in [-0.25, -0.2) is 4.98 Å². The smallest absolute Gasteiger partial charge is 0.496 e. The Balaban J connectivity index is 1.73. The first-order chi connectivity index (χ1) is 17.7. The summed E-state index contributed by atoms with van der Waals surface area (Å²) in [6.45, 7) is 2.01. The van der Waals surface area contributed by atoms with Crippen LogP contribution in [-0.4, -0.2) is 36.1 Å². The van der Waals surface area contributed by atoms with Crippen LogP contribution in [0.25, 0.3) is 11.0 Å². The molecule has 37 heavy (non-hydrogen) atoms. The van der Waals surface area contributed by atoms with E-state index in [1.54, 1.807) is 7.11 Å². The molecule has 1 unspecified atom stereocenters. The molecule has 194 valence electrons. The number of ether oxygens (including phenoxy) is 3. The number of alkyl halides is 3. The molecule has 0 aliphatic carbocycles. The Morgan fingerprint density at radius 3 is 2.46 bits per heavy atom. The van der Waals surface area contributed by atoms with E-state index in [9.17, 15) is 18.0 Å². The van der Waals surface area contributed by atoms with Crippen LogP contribution in [-0.2, 0) is 16.0 Å². The van der Waals surface area contributed by atoms with Crippen molar-refractivity contribution in [3.8, 4) is 11.5 Å². The Hall–Kier alpha value is -4.21. The predicted molar refractivity (Wildman–Crippen MR) is 133 cm³/mol. The normalized spacial score (nSPS) is 12.3. The van der Waals surface area contributed by atoms with Crippen molar-refractivity contribution in [3.05, 3.63) is 77.9 Å². The number of imidazole rings is 1. The zero-order valence-corrected chi connectivity index (χ0v) is 20.5. The van der Waals surface area contributed by atoms with E-state index in [4.69, 9.17) is 14.5 Å². The Bertz CT molecular complexity index is 1380. The number of anilines is 2. The van der Waals surface area contributed by atoms with Gasteiger partial charge in [-0.1, -0.05) is 24.3 Å². The van der Waals surface area contributed by atoms with Gasteiger partial charge in [-0.2, -0.15) is 0 Å². The molecule has 0 aliphatic rings. The molecular formula is C27H26F3N3O4. The average molecular weight is 514 g/mol. The lowest BCUT2D eigenvalue weighted by molar-refractivity contribution is -0.274. The highest BCUT2D eigenvalue weighted by molar-refractivity contribution is 5.81. The first-order valence-corrected chi connectivity index (χ1v) is 11.5. The Morgan fingerprint density at radius 1 is 1.05 bits per heavy atom. The number of nitrogens with zero attached hydrogens (tertiary/aromatic N) is 2. The van der Waals surface area contributed by atoms with E-state index in [1.165, 1.54) is 31.4 Å². The van der Waals surface area contributed by atoms with E-state index < -0.39 is 6.36 Å². The summed E-state index contributed by atoms with van der Waals surface area (Å²) in [6, 6.07) is 18.7. The van der Waals surface area contributed by atoms with Gasteiger partial charge in [0.25, 0.3) is 0 Å². The number of para-hydroxylation sites is 1. The maximum absolute atomic E-state index is 12.5. The third-order valence-electron chi connectivity index (χ3n) is 5.92. The van der Waals surface area contributed by atoms with Crippen molar-refractivity contribution in [3.63, 3.8) is 0 Å². The highest BCUT2D eigenvalue weighted by atomic mass is 19.4. The summed E-state index contributed by atoms with van der Waals surface area (Å²) in [5, 5.41) is 3.22. The topological polar surface area (TPSA) is 74.6 Å². The monoisotopic (exact) mass is 513 g/mol. The summed E-state index contributed by atoms with van der Waals surface area (Å²) in [5.74, 6) is 0.592. The number of benzene rings is 3. The molecule has 1 N–H and O–H groups in total. The number of fused-ring (bicyclic) bond motifs is 1. The van der Waals surface area contributed by atoms with Crippen LogP contribution in [0.1, 0.15) is 30.5 Å². The van der Waals surface area contributed by atoms with E-state index in [1.807, 2.05) is 54.0 Å². The second-order valence-electron chi connectivity index (χ2n) is 8.32. The molecule has 0 amide bonds. The number of methoxy groups -OCH3 is 2. The van der Waals surface area contributed by atoms with Gasteiger partial charge >= 0.3 is 12.3 Å². The quantitative estimate of drug-likeness (QED) is 0.261. The first-order valence-electron chi connectivity index (χ1n) is 11.5. The number of rotatable bonds is 9. The van der Waals surface area contributed by atoms with Gasteiger partial charge in [0.2, 0.25) is 5.95 Å². The SMILES string of the molecule is COC(=O)CCc1ccc2c(c1)nc(Nc1ccc(OC(F)(F)F)cc1)n2C(C)c1ccccc1OC. The molecule has 0 saturated carbocycles. The molecule has 1 heterocycles. The number of esters is 1. The fourth-order valence-electron chi connectivity index (χ4n) is 4.15. The molecule has 0 saturated heterocycles. The van der Waals surface area contributed by atoms with Crippen LogP contribution in [0, 0.1) is 0 Å². The summed E-state index contributed by atoms with van der Waals surface area (Å²) in [4.78, 5) is 16.4. The van der Waals surface area contributed by atoms with Crippen LogP contribution >= 0.6 is 0 Å². The second-order valence-corrected chi connectivity index (χ2v) is 8.32. The molecule has 0 bridgehead atoms. The average Bonchev–Trinajstić information content (AvgIpc) is 3.23.